The number of sulfonamides is 1. The van der Waals surface area contributed by atoms with Gasteiger partial charge in [0.05, 0.1) is 16.0 Å². The zero-order valence-corrected chi connectivity index (χ0v) is 21.3. The first kappa shape index (κ1) is 26.6. The summed E-state index contributed by atoms with van der Waals surface area (Å²) >= 11 is 0. The van der Waals surface area contributed by atoms with Gasteiger partial charge in [-0.05, 0) is 70.4 Å². The van der Waals surface area contributed by atoms with E-state index in [9.17, 15) is 22.4 Å². The predicted octanol–water partition coefficient (Wildman–Crippen LogP) is 3.42. The Morgan fingerprint density at radius 3 is 2.40 bits per heavy atom. The van der Waals surface area contributed by atoms with Gasteiger partial charge in [0.2, 0.25) is 15.9 Å². The average molecular weight is 502 g/mol. The van der Waals surface area contributed by atoms with Crippen LogP contribution in [0.2, 0.25) is 0 Å². The highest BCUT2D eigenvalue weighted by Gasteiger charge is 2.57. The number of nitrogens with zero attached hydrogens (tertiary/aromatic N) is 1. The Kier molecular flexibility index (Phi) is 7.52. The fraction of sp³-hybridized carbons (Fsp3) is 0.385. The van der Waals surface area contributed by atoms with E-state index in [1.165, 1.54) is 16.4 Å². The molecule has 188 valence electrons. The molecule has 1 fully saturated rings. The molecule has 0 spiro atoms. The maximum atomic E-state index is 14.9. The zero-order valence-electron chi connectivity index (χ0n) is 20.5. The highest BCUT2D eigenvalue weighted by atomic mass is 32.2. The van der Waals surface area contributed by atoms with Crippen LogP contribution in [0.4, 0.5) is 4.39 Å². The van der Waals surface area contributed by atoms with Crippen molar-refractivity contribution >= 4 is 21.8 Å². The van der Waals surface area contributed by atoms with Gasteiger partial charge in [-0.3, -0.25) is 9.59 Å². The molecule has 2 aromatic rings. The normalized spacial score (nSPS) is 19.2. The van der Waals surface area contributed by atoms with E-state index in [1.54, 1.807) is 27.7 Å². The molecule has 1 atom stereocenters. The Hall–Kier alpha value is -3.04. The summed E-state index contributed by atoms with van der Waals surface area (Å²) in [5.41, 5.74) is -1.04. The maximum absolute atomic E-state index is 14.9. The van der Waals surface area contributed by atoms with Gasteiger partial charge in [0, 0.05) is 18.1 Å². The van der Waals surface area contributed by atoms with Crippen LogP contribution < -0.4 is 10.6 Å². The van der Waals surface area contributed by atoms with Crippen molar-refractivity contribution in [3.05, 3.63) is 78.1 Å². The quantitative estimate of drug-likeness (QED) is 0.542. The second-order valence-electron chi connectivity index (χ2n) is 9.84. The molecule has 0 aromatic heterocycles. The highest BCUT2D eigenvalue weighted by molar-refractivity contribution is 7.89. The molecule has 1 aliphatic heterocycles. The third-order valence-electron chi connectivity index (χ3n) is 6.40. The molecule has 1 heterocycles. The van der Waals surface area contributed by atoms with Crippen molar-refractivity contribution in [3.8, 4) is 0 Å². The number of nitrogens with one attached hydrogen (secondary N) is 2. The van der Waals surface area contributed by atoms with Crippen LogP contribution in [0, 0.1) is 5.82 Å². The molecule has 0 saturated carbocycles. The lowest BCUT2D eigenvalue weighted by atomic mass is 9.94. The summed E-state index contributed by atoms with van der Waals surface area (Å²) in [5, 5.41) is 5.47. The van der Waals surface area contributed by atoms with Crippen molar-refractivity contribution < 1.29 is 22.4 Å². The lowest BCUT2D eigenvalue weighted by Crippen LogP contribution is -2.56. The molecule has 0 bridgehead atoms. The SMILES string of the molecule is C=CC(=O)NC1CC(C)(C)N(S(=O)(=O)c2ccc(C(=O)NCCc3ccccc3)c(F)c2)C1(C)C. The molecule has 35 heavy (non-hydrogen) atoms. The van der Waals surface area contributed by atoms with E-state index in [2.05, 4.69) is 17.2 Å². The van der Waals surface area contributed by atoms with Crippen LogP contribution in [0.15, 0.2) is 66.1 Å². The summed E-state index contributed by atoms with van der Waals surface area (Å²) in [6.45, 7) is 10.7. The minimum Gasteiger partial charge on any atom is -0.352 e. The van der Waals surface area contributed by atoms with Gasteiger partial charge in [0.15, 0.2) is 0 Å². The summed E-state index contributed by atoms with van der Waals surface area (Å²) in [4.78, 5) is 24.1. The van der Waals surface area contributed by atoms with Gasteiger partial charge in [0.1, 0.15) is 5.82 Å². The summed E-state index contributed by atoms with van der Waals surface area (Å²) in [5.74, 6) is -1.93. The van der Waals surface area contributed by atoms with Crippen LogP contribution in [-0.4, -0.2) is 48.2 Å². The van der Waals surface area contributed by atoms with E-state index in [0.29, 0.717) is 19.4 Å². The van der Waals surface area contributed by atoms with Crippen molar-refractivity contribution in [1.29, 1.82) is 0 Å². The van der Waals surface area contributed by atoms with Crippen LogP contribution in [0.5, 0.6) is 0 Å². The van der Waals surface area contributed by atoms with Crippen LogP contribution in [0.3, 0.4) is 0 Å². The third-order valence-corrected chi connectivity index (χ3v) is 8.69. The fourth-order valence-corrected chi connectivity index (χ4v) is 7.03. The Labute approximate surface area is 206 Å². The number of hydrogen-bond acceptors (Lipinski definition) is 4. The van der Waals surface area contributed by atoms with E-state index in [-0.39, 0.29) is 10.5 Å². The van der Waals surface area contributed by atoms with Gasteiger partial charge in [-0.1, -0.05) is 36.9 Å². The van der Waals surface area contributed by atoms with E-state index in [0.717, 1.165) is 17.7 Å². The van der Waals surface area contributed by atoms with Crippen LogP contribution >= 0.6 is 0 Å². The average Bonchev–Trinajstić information content (AvgIpc) is 2.97. The summed E-state index contributed by atoms with van der Waals surface area (Å²) < 4.78 is 43.6. The molecule has 1 saturated heterocycles. The maximum Gasteiger partial charge on any atom is 0.254 e. The summed E-state index contributed by atoms with van der Waals surface area (Å²) in [6, 6.07) is 12.4. The van der Waals surface area contributed by atoms with Crippen molar-refractivity contribution in [2.75, 3.05) is 6.54 Å². The smallest absolute Gasteiger partial charge is 0.254 e. The predicted molar refractivity (Wildman–Crippen MR) is 133 cm³/mol. The molecule has 1 aliphatic rings. The molecule has 2 N–H and O–H groups in total. The molecule has 0 radical (unpaired) electrons. The van der Waals surface area contributed by atoms with E-state index < -0.39 is 44.8 Å². The number of carbonyl (C=O) groups is 2. The van der Waals surface area contributed by atoms with Crippen molar-refractivity contribution in [1.82, 2.24) is 14.9 Å². The van der Waals surface area contributed by atoms with Gasteiger partial charge in [-0.15, -0.1) is 0 Å². The van der Waals surface area contributed by atoms with Crippen LogP contribution in [0.25, 0.3) is 0 Å². The monoisotopic (exact) mass is 501 g/mol. The lowest BCUT2D eigenvalue weighted by molar-refractivity contribution is -0.117. The van der Waals surface area contributed by atoms with Crippen molar-refractivity contribution in [2.45, 2.75) is 62.6 Å². The topological polar surface area (TPSA) is 95.6 Å². The Balaban J connectivity index is 1.81. The Morgan fingerprint density at radius 1 is 1.14 bits per heavy atom. The molecule has 7 nitrogen and oxygen atoms in total. The third kappa shape index (κ3) is 5.46. The second kappa shape index (κ2) is 9.91. The molecule has 9 heteroatoms. The first-order chi connectivity index (χ1) is 16.3. The van der Waals surface area contributed by atoms with Gasteiger partial charge < -0.3 is 10.6 Å². The largest absolute Gasteiger partial charge is 0.352 e. The molecule has 3 rings (SSSR count). The van der Waals surface area contributed by atoms with Crippen LogP contribution in [0.1, 0.15) is 50.0 Å². The highest BCUT2D eigenvalue weighted by Crippen LogP contribution is 2.44. The van der Waals surface area contributed by atoms with E-state index in [4.69, 9.17) is 0 Å². The molecule has 2 aromatic carbocycles. The Bertz CT molecular complexity index is 1230. The van der Waals surface area contributed by atoms with Crippen LogP contribution in [-0.2, 0) is 21.2 Å². The fourth-order valence-electron chi connectivity index (χ4n) is 4.85. The van der Waals surface area contributed by atoms with Gasteiger partial charge >= 0.3 is 0 Å². The molecule has 1 unspecified atom stereocenters. The number of hydrogen-bond donors (Lipinski definition) is 2. The number of carbonyl (C=O) groups excluding carboxylic acids is 2. The van der Waals surface area contributed by atoms with Crippen molar-refractivity contribution in [2.24, 2.45) is 0 Å². The second-order valence-corrected chi connectivity index (χ2v) is 11.6. The number of benzene rings is 2. The minimum absolute atomic E-state index is 0.229. The summed E-state index contributed by atoms with van der Waals surface area (Å²) in [7, 11) is -4.16. The molecule has 2 amide bonds. The summed E-state index contributed by atoms with van der Waals surface area (Å²) in [6.07, 6.45) is 2.09. The van der Waals surface area contributed by atoms with Gasteiger partial charge in [0.25, 0.3) is 5.91 Å². The van der Waals surface area contributed by atoms with Crippen molar-refractivity contribution in [3.63, 3.8) is 0 Å². The number of halogens is 1. The molecular weight excluding hydrogens is 469 g/mol. The van der Waals surface area contributed by atoms with E-state index in [1.807, 2.05) is 30.3 Å². The molecule has 0 aliphatic carbocycles. The first-order valence-corrected chi connectivity index (χ1v) is 12.8. The zero-order chi connectivity index (χ0) is 26.0. The lowest BCUT2D eigenvalue weighted by Gasteiger charge is -2.40. The van der Waals surface area contributed by atoms with Gasteiger partial charge in [-0.2, -0.15) is 4.31 Å². The van der Waals surface area contributed by atoms with E-state index >= 15 is 0 Å². The Morgan fingerprint density at radius 2 is 1.80 bits per heavy atom. The number of amides is 2. The number of rotatable bonds is 8. The minimum atomic E-state index is -4.16. The van der Waals surface area contributed by atoms with Gasteiger partial charge in [-0.25, -0.2) is 12.8 Å². The standard InChI is InChI=1S/C26H32FN3O4S/c1-6-23(31)29-22-17-25(2,3)30(26(22,4)5)35(33,34)19-12-13-20(21(27)16-19)24(32)28-15-14-18-10-8-7-9-11-18/h6-13,16,22H,1,14-15,17H2,2-5H3,(H,28,32)(H,29,31). The first-order valence-electron chi connectivity index (χ1n) is 11.4. The molecular formula is C26H32FN3O4S.